The van der Waals surface area contributed by atoms with Crippen LogP contribution in [0, 0.1) is 27.7 Å². The summed E-state index contributed by atoms with van der Waals surface area (Å²) >= 11 is 0. The Morgan fingerprint density at radius 3 is 1.20 bits per heavy atom. The van der Waals surface area contributed by atoms with Crippen LogP contribution in [0.4, 0.5) is 0 Å². The number of ether oxygens (including phenoxy) is 2. The van der Waals surface area contributed by atoms with Crippen molar-refractivity contribution in [2.45, 2.75) is 104 Å². The van der Waals surface area contributed by atoms with Gasteiger partial charge in [-0.2, -0.15) is 0 Å². The second kappa shape index (κ2) is 19.7. The van der Waals surface area contributed by atoms with Gasteiger partial charge in [0.15, 0.2) is 0 Å². The molecule has 17 rings (SSSR count). The summed E-state index contributed by atoms with van der Waals surface area (Å²) in [5.74, 6) is 3.57. The molecule has 87 heavy (non-hydrogen) atoms. The molecule has 11 aromatic carbocycles. The first-order valence-electron chi connectivity index (χ1n) is 31.5. The summed E-state index contributed by atoms with van der Waals surface area (Å²) in [5.41, 5.74) is 29.0. The Bertz CT molecular complexity index is 4610. The van der Waals surface area contributed by atoms with Crippen LogP contribution in [0.25, 0.3) is 72.0 Å². The van der Waals surface area contributed by atoms with Crippen molar-refractivity contribution in [3.63, 3.8) is 0 Å². The van der Waals surface area contributed by atoms with E-state index < -0.39 is 5.41 Å². The second-order valence-corrected chi connectivity index (χ2v) is 27.5. The van der Waals surface area contributed by atoms with Crippen LogP contribution in [-0.4, -0.2) is 18.0 Å². The van der Waals surface area contributed by atoms with Crippen LogP contribution in [0.1, 0.15) is 99.2 Å². The molecule has 0 atom stereocenters. The van der Waals surface area contributed by atoms with Gasteiger partial charge < -0.3 is 14.0 Å². The van der Waals surface area contributed by atoms with E-state index in [1.165, 1.54) is 142 Å². The Hall–Kier alpha value is -9.05. The summed E-state index contributed by atoms with van der Waals surface area (Å²) in [4.78, 5) is 0. The van der Waals surface area contributed by atoms with Crippen molar-refractivity contribution in [2.75, 3.05) is 0 Å². The standard InChI is InChI=1S/C82H71B2NO2/c1-50-42-52(3)76-63(44-50)64-45-51(2)43-53(4)77(64)85(76)58-36-37-67-71(46-58)86-78-69(83(67)74-59(54-24-14-10-15-25-54)32-22-33-60(74)55-26-16-11-17-27-55)49-70-79(73(78)80(5,6)7)87-72-48-66-65(81(8)38-40-82(66,9)41-39-81)47-68(72)84(70)75-61(56-28-18-12-19-29-56)34-23-35-62(75)57-30-20-13-21-31-57/h10-37,42-49H,38-41H2,1-9H3. The summed E-state index contributed by atoms with van der Waals surface area (Å²) in [7, 11) is 0. The predicted octanol–water partition coefficient (Wildman–Crippen LogP) is 17.3. The molecule has 12 aromatic rings. The molecule has 5 aliphatic rings. The number of aromatic nitrogens is 1. The van der Waals surface area contributed by atoms with Crippen LogP contribution in [0.15, 0.2) is 218 Å². The molecule has 0 saturated heterocycles. The molecule has 1 saturated carbocycles. The smallest absolute Gasteiger partial charge is 0.252 e. The van der Waals surface area contributed by atoms with Gasteiger partial charge in [-0.05, 0) is 183 Å². The van der Waals surface area contributed by atoms with E-state index in [9.17, 15) is 0 Å². The predicted molar refractivity (Wildman–Crippen MR) is 369 cm³/mol. The fraction of sp³-hybridized carbons (Fsp3) is 0.195. The molecule has 0 spiro atoms. The minimum Gasteiger partial charge on any atom is -0.458 e. The molecule has 0 radical (unpaired) electrons. The maximum atomic E-state index is 7.99. The SMILES string of the molecule is Cc1cc(C)c2c(c1)c1cc(C)cc(C)c1n2-c1ccc2c(c1)Oc1c(cc3c(c1C(C)(C)C)Oc1cc4c(cc1B3c1c(-c3ccccc3)cccc1-c1ccccc1)C1(C)CCC4(C)CC1)B2c1c(-c2ccccc2)cccc1-c1ccccc1. The van der Waals surface area contributed by atoms with Crippen LogP contribution in [0.3, 0.4) is 0 Å². The third-order valence-corrected chi connectivity index (χ3v) is 20.6. The molecule has 3 heterocycles. The Morgan fingerprint density at radius 1 is 0.391 bits per heavy atom. The van der Waals surface area contributed by atoms with Gasteiger partial charge in [0, 0.05) is 28.1 Å². The van der Waals surface area contributed by atoms with Gasteiger partial charge in [-0.3, -0.25) is 0 Å². The first-order valence-corrected chi connectivity index (χ1v) is 31.5. The molecule has 0 N–H and O–H groups in total. The van der Waals surface area contributed by atoms with E-state index in [4.69, 9.17) is 9.47 Å². The van der Waals surface area contributed by atoms with Crippen molar-refractivity contribution in [3.05, 3.63) is 257 Å². The molecule has 422 valence electrons. The van der Waals surface area contributed by atoms with Crippen LogP contribution in [-0.2, 0) is 16.2 Å². The Labute approximate surface area is 513 Å². The van der Waals surface area contributed by atoms with Gasteiger partial charge >= 0.3 is 0 Å². The van der Waals surface area contributed by atoms with E-state index >= 15 is 0 Å². The number of aryl methyl sites for hydroxylation is 4. The zero-order valence-electron chi connectivity index (χ0n) is 51.5. The first kappa shape index (κ1) is 53.4. The van der Waals surface area contributed by atoms with E-state index in [0.29, 0.717) is 0 Å². The van der Waals surface area contributed by atoms with Gasteiger partial charge in [-0.25, -0.2) is 0 Å². The highest BCUT2D eigenvalue weighted by Gasteiger charge is 2.51. The third-order valence-electron chi connectivity index (χ3n) is 20.6. The number of fused-ring (bicyclic) bond motifs is 9. The fourth-order valence-corrected chi connectivity index (χ4v) is 16.5. The molecule has 1 fully saturated rings. The van der Waals surface area contributed by atoms with E-state index in [1.54, 1.807) is 0 Å². The first-order chi connectivity index (χ1) is 42.1. The molecule has 0 amide bonds. The molecule has 2 aliphatic heterocycles. The van der Waals surface area contributed by atoms with Crippen molar-refractivity contribution < 1.29 is 9.47 Å². The normalized spacial score (nSPS) is 17.3. The van der Waals surface area contributed by atoms with Gasteiger partial charge in [0.1, 0.15) is 23.0 Å². The lowest BCUT2D eigenvalue weighted by Gasteiger charge is -2.52. The second-order valence-electron chi connectivity index (χ2n) is 27.5. The van der Waals surface area contributed by atoms with Crippen molar-refractivity contribution in [1.29, 1.82) is 0 Å². The highest BCUT2D eigenvalue weighted by Crippen LogP contribution is 2.57. The average molecular weight is 1120 g/mol. The molecule has 5 heteroatoms. The molecular formula is C82H71B2NO2. The maximum Gasteiger partial charge on any atom is 0.252 e. The lowest BCUT2D eigenvalue weighted by atomic mass is 9.30. The highest BCUT2D eigenvalue weighted by atomic mass is 16.5. The topological polar surface area (TPSA) is 23.4 Å². The number of hydrogen-bond donors (Lipinski definition) is 0. The number of rotatable bonds is 7. The summed E-state index contributed by atoms with van der Waals surface area (Å²) in [6.45, 7) is 20.6. The number of hydrogen-bond acceptors (Lipinski definition) is 2. The van der Waals surface area contributed by atoms with Gasteiger partial charge in [-0.1, -0.05) is 245 Å². The number of nitrogens with zero attached hydrogens (tertiary/aromatic N) is 1. The zero-order valence-corrected chi connectivity index (χ0v) is 51.5. The molecule has 3 nitrogen and oxygen atoms in total. The van der Waals surface area contributed by atoms with Gasteiger partial charge in [0.05, 0.1) is 11.0 Å². The largest absolute Gasteiger partial charge is 0.458 e. The highest BCUT2D eigenvalue weighted by molar-refractivity contribution is 7.01. The monoisotopic (exact) mass is 1120 g/mol. The van der Waals surface area contributed by atoms with Crippen molar-refractivity contribution in [1.82, 2.24) is 4.57 Å². The molecule has 1 aromatic heterocycles. The zero-order chi connectivity index (χ0) is 59.3. The van der Waals surface area contributed by atoms with Crippen LogP contribution in [0.5, 0.6) is 23.0 Å². The van der Waals surface area contributed by atoms with E-state index in [-0.39, 0.29) is 24.3 Å². The summed E-state index contributed by atoms with van der Waals surface area (Å²) in [6, 6.07) is 82.5. The maximum absolute atomic E-state index is 7.99. The molecular weight excluding hydrogens is 1050 g/mol. The minimum absolute atomic E-state index is 0.0750. The minimum atomic E-state index is -0.469. The molecule has 3 aliphatic carbocycles. The van der Waals surface area contributed by atoms with Gasteiger partial charge in [-0.15, -0.1) is 0 Å². The lowest BCUT2D eigenvalue weighted by Crippen LogP contribution is -2.61. The Morgan fingerprint density at radius 2 is 0.782 bits per heavy atom. The summed E-state index contributed by atoms with van der Waals surface area (Å²) in [5, 5.41) is 2.55. The quantitative estimate of drug-likeness (QED) is 0.149. The molecule has 2 bridgehead atoms. The lowest BCUT2D eigenvalue weighted by molar-refractivity contribution is 0.187. The van der Waals surface area contributed by atoms with Crippen LogP contribution in [0.2, 0.25) is 0 Å². The van der Waals surface area contributed by atoms with Crippen LogP contribution < -0.4 is 42.3 Å². The van der Waals surface area contributed by atoms with Crippen LogP contribution >= 0.6 is 0 Å². The Balaban J connectivity index is 1.05. The summed E-state index contributed by atoms with van der Waals surface area (Å²) < 4.78 is 18.5. The van der Waals surface area contributed by atoms with Crippen molar-refractivity contribution in [3.8, 4) is 73.2 Å². The van der Waals surface area contributed by atoms with E-state index in [1.807, 2.05) is 0 Å². The van der Waals surface area contributed by atoms with Crippen molar-refractivity contribution >= 4 is 68.0 Å². The third kappa shape index (κ3) is 8.32. The number of benzene rings is 11. The molecule has 0 unspecified atom stereocenters. The van der Waals surface area contributed by atoms with E-state index in [2.05, 4.69) is 285 Å². The average Bonchev–Trinajstić information content (AvgIpc) is 0.930. The summed E-state index contributed by atoms with van der Waals surface area (Å²) in [6.07, 6.45) is 4.75. The van der Waals surface area contributed by atoms with Gasteiger partial charge in [0.25, 0.3) is 13.4 Å². The fourth-order valence-electron chi connectivity index (χ4n) is 16.5. The Kier molecular flexibility index (Phi) is 12.1. The van der Waals surface area contributed by atoms with Crippen molar-refractivity contribution in [2.24, 2.45) is 0 Å². The van der Waals surface area contributed by atoms with Gasteiger partial charge in [0.2, 0.25) is 0 Å². The van der Waals surface area contributed by atoms with E-state index in [0.717, 1.165) is 50.6 Å².